The molecule has 1 aromatic heterocycles. The van der Waals surface area contributed by atoms with Gasteiger partial charge in [0.05, 0.1) is 50.7 Å². The molecule has 0 atom stereocenters. The first-order valence-electron chi connectivity index (χ1n) is 24.1. The van der Waals surface area contributed by atoms with Gasteiger partial charge in [0.1, 0.15) is 11.9 Å². The number of nitrogens with zero attached hydrogens (tertiary/aromatic N) is 2. The van der Waals surface area contributed by atoms with E-state index in [1.807, 2.05) is 60.7 Å². The molecule has 0 aliphatic heterocycles. The molecule has 0 unspecified atom stereocenters. The fourth-order valence-corrected chi connectivity index (χ4v) is 9.09. The summed E-state index contributed by atoms with van der Waals surface area (Å²) in [6.07, 6.45) is -50.2. The van der Waals surface area contributed by atoms with Gasteiger partial charge >= 0.3 is 55.4 Å². The van der Waals surface area contributed by atoms with Crippen molar-refractivity contribution >= 4 is 39.7 Å². The normalized spacial score (nSPS) is 13.0. The predicted octanol–water partition coefficient (Wildman–Crippen LogP) is 15.4. The van der Waals surface area contributed by atoms with E-state index >= 15 is 0 Å². The average molecular weight is 1260 g/mol. The summed E-state index contributed by atoms with van der Waals surface area (Å²) >= 11 is 0. The number of esters is 1. The summed E-state index contributed by atoms with van der Waals surface area (Å²) in [5, 5.41) is 0. The molecular weight excluding hydrogens is 1230 g/mol. The molecule has 0 fully saturated rings. The van der Waals surface area contributed by atoms with Gasteiger partial charge in [-0.25, -0.2) is 9.78 Å². The smallest absolute Gasteiger partial charge is 0.416 e. The van der Waals surface area contributed by atoms with Crippen molar-refractivity contribution in [3.05, 3.63) is 232 Å². The van der Waals surface area contributed by atoms with Crippen LogP contribution < -0.4 is 31.2 Å². The Hall–Kier alpha value is -8.86. The SMILES string of the molecule is FC(F)(F)c1cc([B-](c2cc(C(F)(F)F)cc(C(F)(F)F)c2)(c2cc(C(F)(F)F)cc(C(F)(F)F)c2)c2cc(C(F)(F)F)cc(C(F)(F)F)c2)cc(C(F)(F)F)c1.O=C(C[n+]1ccnc(C(=O)Oc2ccc(-c3ccccc3)cc2)c1)c1ccccc1. The molecule has 0 saturated heterocycles. The zero-order valence-corrected chi connectivity index (χ0v) is 42.7. The van der Waals surface area contributed by atoms with Gasteiger partial charge in [-0.2, -0.15) is 132 Å². The third-order valence-corrected chi connectivity index (χ3v) is 13.0. The summed E-state index contributed by atoms with van der Waals surface area (Å²) in [6, 6.07) is 17.4. The number of carbonyl (C=O) groups is 2. The first kappa shape index (κ1) is 65.7. The first-order chi connectivity index (χ1) is 39.9. The molecule has 458 valence electrons. The Morgan fingerprint density at radius 1 is 0.379 bits per heavy atom. The Kier molecular flexibility index (Phi) is 18.0. The van der Waals surface area contributed by atoms with Crippen molar-refractivity contribution in [3.63, 3.8) is 0 Å². The second-order valence-electron chi connectivity index (χ2n) is 18.9. The van der Waals surface area contributed by atoms with Crippen molar-refractivity contribution in [2.45, 2.75) is 56.0 Å². The highest BCUT2D eigenvalue weighted by molar-refractivity contribution is 7.20. The molecule has 30 heteroatoms. The standard InChI is InChI=1S/C32H12BF24.C25H19N2O3/c34-25(35,36)13-1-14(26(37,38)39)6-21(5-13)33(22-7-15(27(40,41)42)2-16(8-22)28(43,44)45,23-9-17(29(46,47)48)3-18(10-23)30(49,50)51)24-11-19(31(52,53)54)4-20(12-24)32(55,56)57;28-24(21-9-5-2-6-10-21)18-27-16-15-26-23(17-27)25(29)30-22-13-11-20(12-14-22)19-7-3-1-4-8-19/h1-12H;1-17H,18H2/q-1;+1. The third kappa shape index (κ3) is 15.6. The van der Waals surface area contributed by atoms with E-state index in [9.17, 15) is 115 Å². The first-order valence-corrected chi connectivity index (χ1v) is 24.1. The molecule has 0 saturated carbocycles. The largest absolute Gasteiger partial charge is 0.422 e. The van der Waals surface area contributed by atoms with E-state index in [1.54, 1.807) is 35.0 Å². The quantitative estimate of drug-likeness (QED) is 0.0342. The highest BCUT2D eigenvalue weighted by atomic mass is 19.4. The molecule has 8 aromatic rings. The molecule has 0 N–H and O–H groups in total. The number of hydrogen-bond acceptors (Lipinski definition) is 4. The van der Waals surface area contributed by atoms with Gasteiger partial charge in [0.2, 0.25) is 24.2 Å². The second-order valence-corrected chi connectivity index (χ2v) is 18.9. The molecule has 0 aliphatic carbocycles. The summed E-state index contributed by atoms with van der Waals surface area (Å²) in [7, 11) is 0. The van der Waals surface area contributed by atoms with Gasteiger partial charge < -0.3 is 4.74 Å². The van der Waals surface area contributed by atoms with Crippen LogP contribution >= 0.6 is 0 Å². The van der Waals surface area contributed by atoms with Crippen molar-refractivity contribution in [2.24, 2.45) is 0 Å². The number of ketones is 1. The van der Waals surface area contributed by atoms with Crippen LogP contribution in [0.5, 0.6) is 5.75 Å². The number of Topliss-reactive ketones (excluding diaryl/α,β-unsaturated/α-hetero) is 1. The molecule has 0 aliphatic rings. The van der Waals surface area contributed by atoms with Crippen LogP contribution in [0.25, 0.3) is 11.1 Å². The number of benzene rings is 7. The van der Waals surface area contributed by atoms with Gasteiger partial charge in [0.15, 0.2) is 6.20 Å². The number of rotatable bonds is 10. The molecule has 5 nitrogen and oxygen atoms in total. The monoisotopic (exact) mass is 1260 g/mol. The van der Waals surface area contributed by atoms with Crippen LogP contribution in [0.3, 0.4) is 0 Å². The minimum atomic E-state index is -6.13. The maximum absolute atomic E-state index is 14.2. The second kappa shape index (κ2) is 23.8. The van der Waals surface area contributed by atoms with E-state index in [-0.39, 0.29) is 18.0 Å². The van der Waals surface area contributed by atoms with E-state index in [4.69, 9.17) is 4.74 Å². The average Bonchev–Trinajstić information content (AvgIpc) is 0.720. The highest BCUT2D eigenvalue weighted by Gasteiger charge is 2.47. The number of ether oxygens (including phenoxy) is 1. The Bertz CT molecular complexity index is 3360. The summed E-state index contributed by atoms with van der Waals surface area (Å²) in [5.41, 5.74) is -27.3. The van der Waals surface area contributed by atoms with Crippen LogP contribution in [0.4, 0.5) is 105 Å². The van der Waals surface area contributed by atoms with Crippen molar-refractivity contribution in [1.29, 1.82) is 0 Å². The molecule has 0 bridgehead atoms. The van der Waals surface area contributed by atoms with Crippen LogP contribution in [-0.2, 0) is 56.0 Å². The van der Waals surface area contributed by atoms with Gasteiger partial charge in [-0.15, -0.1) is 0 Å². The van der Waals surface area contributed by atoms with E-state index in [1.165, 1.54) is 12.4 Å². The number of carbonyl (C=O) groups excluding carboxylic acids is 2. The Morgan fingerprint density at radius 2 is 0.667 bits per heavy atom. The van der Waals surface area contributed by atoms with Crippen molar-refractivity contribution in [2.75, 3.05) is 0 Å². The molecule has 87 heavy (non-hydrogen) atoms. The van der Waals surface area contributed by atoms with Crippen LogP contribution in [0, 0.1) is 0 Å². The number of alkyl halides is 24. The van der Waals surface area contributed by atoms with E-state index < -0.39 is 201 Å². The van der Waals surface area contributed by atoms with Crippen molar-refractivity contribution in [1.82, 2.24) is 4.98 Å². The molecule has 0 spiro atoms. The van der Waals surface area contributed by atoms with Crippen molar-refractivity contribution < 1.29 is 124 Å². The van der Waals surface area contributed by atoms with Crippen LogP contribution in [-0.4, -0.2) is 22.9 Å². The fraction of sp³-hybridized carbons (Fsp3) is 0.158. The van der Waals surface area contributed by atoms with E-state index in [2.05, 4.69) is 4.98 Å². The molecule has 0 radical (unpaired) electrons. The number of halogens is 24. The summed E-state index contributed by atoms with van der Waals surface area (Å²) in [6.45, 7) is 0.110. The van der Waals surface area contributed by atoms with Gasteiger partial charge in [-0.3, -0.25) is 4.79 Å². The van der Waals surface area contributed by atoms with Crippen LogP contribution in [0.1, 0.15) is 65.4 Å². The lowest BCUT2D eigenvalue weighted by Crippen LogP contribution is -2.75. The number of hydrogen-bond donors (Lipinski definition) is 0. The minimum Gasteiger partial charge on any atom is -0.422 e. The Balaban J connectivity index is 0.000000300. The molecule has 0 amide bonds. The number of aromatic nitrogens is 2. The Morgan fingerprint density at radius 3 is 0.966 bits per heavy atom. The van der Waals surface area contributed by atoms with Gasteiger partial charge in [0.25, 0.3) is 0 Å². The topological polar surface area (TPSA) is 60.1 Å². The fourth-order valence-electron chi connectivity index (χ4n) is 9.09. The maximum Gasteiger partial charge on any atom is 0.416 e. The lowest BCUT2D eigenvalue weighted by molar-refractivity contribution is -0.683. The highest BCUT2D eigenvalue weighted by Crippen LogP contribution is 2.42. The van der Waals surface area contributed by atoms with Gasteiger partial charge in [-0.1, -0.05) is 121 Å². The molecule has 8 rings (SSSR count). The summed E-state index contributed by atoms with van der Waals surface area (Å²) in [5.74, 6) is -0.205. The van der Waals surface area contributed by atoms with Crippen LogP contribution in [0.2, 0.25) is 0 Å². The van der Waals surface area contributed by atoms with Gasteiger partial charge in [0, 0.05) is 5.56 Å². The minimum absolute atomic E-state index is 0.0531. The summed E-state index contributed by atoms with van der Waals surface area (Å²) < 4.78 is 348. The molecule has 1 heterocycles. The third-order valence-electron chi connectivity index (χ3n) is 13.0. The zero-order valence-electron chi connectivity index (χ0n) is 42.7. The van der Waals surface area contributed by atoms with E-state index in [0.29, 0.717) is 11.3 Å². The molecule has 7 aromatic carbocycles. The predicted molar refractivity (Wildman–Crippen MR) is 262 cm³/mol. The Labute approximate surface area is 473 Å². The van der Waals surface area contributed by atoms with E-state index in [0.717, 1.165) is 11.1 Å². The molecular formula is C57H31BF24N2O3. The van der Waals surface area contributed by atoms with Crippen LogP contribution in [0.15, 0.2) is 176 Å². The summed E-state index contributed by atoms with van der Waals surface area (Å²) in [4.78, 5) is 28.9. The lowest BCUT2D eigenvalue weighted by atomic mass is 9.12. The maximum atomic E-state index is 14.2. The zero-order chi connectivity index (χ0) is 64.7. The lowest BCUT2D eigenvalue weighted by Gasteiger charge is -2.46. The van der Waals surface area contributed by atoms with Gasteiger partial charge in [-0.05, 0) is 47.5 Å². The van der Waals surface area contributed by atoms with Crippen molar-refractivity contribution in [3.8, 4) is 16.9 Å².